The molecule has 0 amide bonds. The van der Waals surface area contributed by atoms with Gasteiger partial charge in [0, 0.05) is 6.42 Å². The maximum atomic E-state index is 12.2. The molecule has 5 heteroatoms. The Labute approximate surface area is 72.9 Å². The molecule has 1 aliphatic carbocycles. The van der Waals surface area contributed by atoms with Crippen molar-refractivity contribution in [2.75, 3.05) is 0 Å². The van der Waals surface area contributed by atoms with Crippen LogP contribution in [0.25, 0.3) is 0 Å². The highest BCUT2D eigenvalue weighted by molar-refractivity contribution is 6.34. The molecule has 0 saturated heterocycles. The van der Waals surface area contributed by atoms with Crippen molar-refractivity contribution in [2.24, 2.45) is 5.92 Å². The van der Waals surface area contributed by atoms with Crippen LogP contribution in [-0.4, -0.2) is 16.9 Å². The summed E-state index contributed by atoms with van der Waals surface area (Å²) < 4.78 is 24.4. The van der Waals surface area contributed by atoms with Crippen molar-refractivity contribution in [3.8, 4) is 0 Å². The Morgan fingerprint density at radius 1 is 1.58 bits per heavy atom. The van der Waals surface area contributed by atoms with Gasteiger partial charge in [-0.25, -0.2) is 0 Å². The molecule has 0 aliphatic heterocycles. The van der Waals surface area contributed by atoms with E-state index in [4.69, 9.17) is 0 Å². The van der Waals surface area contributed by atoms with Gasteiger partial charge >= 0.3 is 5.38 Å². The van der Waals surface area contributed by atoms with Crippen LogP contribution in [0.1, 0.15) is 19.3 Å². The number of ketones is 2. The van der Waals surface area contributed by atoms with Crippen molar-refractivity contribution >= 4 is 23.2 Å². The molecule has 0 radical (unpaired) electrons. The number of carbonyl (C=O) groups is 2. The standard InChI is InChI=1S/C7H7ClF2O2/c8-7(9,10)6(12)4-2-1-3-5(4)11/h4H,1-3H2. The van der Waals surface area contributed by atoms with Crippen molar-refractivity contribution in [2.45, 2.75) is 24.6 Å². The number of hydrogen-bond acceptors (Lipinski definition) is 2. The summed E-state index contributed by atoms with van der Waals surface area (Å²) in [5, 5.41) is -3.88. The van der Waals surface area contributed by atoms with Gasteiger partial charge in [0.1, 0.15) is 5.78 Å². The maximum absolute atomic E-state index is 12.2. The summed E-state index contributed by atoms with van der Waals surface area (Å²) in [5.41, 5.74) is 0. The molecule has 0 aromatic rings. The molecule has 12 heavy (non-hydrogen) atoms. The first-order valence-corrected chi connectivity index (χ1v) is 3.94. The van der Waals surface area contributed by atoms with Crippen LogP contribution in [0.2, 0.25) is 0 Å². The number of carbonyl (C=O) groups excluding carboxylic acids is 2. The molecular formula is C7H7ClF2O2. The summed E-state index contributed by atoms with van der Waals surface area (Å²) in [5.74, 6) is -3.04. The zero-order chi connectivity index (χ0) is 9.35. The molecule has 0 bridgehead atoms. The Balaban J connectivity index is 2.71. The maximum Gasteiger partial charge on any atom is 0.381 e. The Morgan fingerprint density at radius 3 is 2.50 bits per heavy atom. The minimum Gasteiger partial charge on any atom is -0.299 e. The molecule has 1 saturated carbocycles. The second-order valence-corrected chi connectivity index (χ2v) is 3.25. The lowest BCUT2D eigenvalue weighted by Crippen LogP contribution is -2.31. The lowest BCUT2D eigenvalue weighted by Gasteiger charge is -2.10. The van der Waals surface area contributed by atoms with Crippen LogP contribution < -0.4 is 0 Å². The van der Waals surface area contributed by atoms with Crippen LogP contribution in [-0.2, 0) is 9.59 Å². The SMILES string of the molecule is O=C1CCCC1C(=O)C(F)(F)Cl. The lowest BCUT2D eigenvalue weighted by molar-refractivity contribution is -0.141. The van der Waals surface area contributed by atoms with Gasteiger partial charge in [0.2, 0.25) is 5.78 Å². The van der Waals surface area contributed by atoms with Crippen LogP contribution in [0, 0.1) is 5.92 Å². The molecule has 0 N–H and O–H groups in total. The van der Waals surface area contributed by atoms with Crippen LogP contribution in [0.5, 0.6) is 0 Å². The van der Waals surface area contributed by atoms with Crippen molar-refractivity contribution in [3.63, 3.8) is 0 Å². The summed E-state index contributed by atoms with van der Waals surface area (Å²) in [7, 11) is 0. The average Bonchev–Trinajstić information content (AvgIpc) is 2.31. The van der Waals surface area contributed by atoms with E-state index in [1.54, 1.807) is 0 Å². The molecule has 1 atom stereocenters. The van der Waals surface area contributed by atoms with E-state index in [1.807, 2.05) is 0 Å². The first kappa shape index (κ1) is 9.58. The summed E-state index contributed by atoms with van der Waals surface area (Å²) >= 11 is 4.49. The predicted octanol–water partition coefficient (Wildman–Crippen LogP) is 1.76. The van der Waals surface area contributed by atoms with Crippen LogP contribution >= 0.6 is 11.6 Å². The third-order valence-corrected chi connectivity index (χ3v) is 2.09. The molecule has 2 nitrogen and oxygen atoms in total. The van der Waals surface area contributed by atoms with Gasteiger partial charge in [-0.3, -0.25) is 9.59 Å². The van der Waals surface area contributed by atoms with E-state index in [2.05, 4.69) is 11.6 Å². The molecule has 0 spiro atoms. The van der Waals surface area contributed by atoms with Crippen LogP contribution in [0.15, 0.2) is 0 Å². The second-order valence-electron chi connectivity index (χ2n) is 2.77. The minimum absolute atomic E-state index is 0.208. The van der Waals surface area contributed by atoms with Crippen LogP contribution in [0.4, 0.5) is 8.78 Å². The van der Waals surface area contributed by atoms with Gasteiger partial charge in [-0.05, 0) is 24.4 Å². The quantitative estimate of drug-likeness (QED) is 0.498. The van der Waals surface area contributed by atoms with Gasteiger partial charge in [0.05, 0.1) is 5.92 Å². The normalized spacial score (nSPS) is 24.6. The number of hydrogen-bond donors (Lipinski definition) is 0. The number of alkyl halides is 3. The van der Waals surface area contributed by atoms with Crippen molar-refractivity contribution in [1.29, 1.82) is 0 Å². The Morgan fingerprint density at radius 2 is 2.17 bits per heavy atom. The zero-order valence-corrected chi connectivity index (χ0v) is 6.90. The minimum atomic E-state index is -3.88. The Bertz CT molecular complexity index is 222. The highest BCUT2D eigenvalue weighted by atomic mass is 35.5. The van der Waals surface area contributed by atoms with Crippen molar-refractivity contribution in [1.82, 2.24) is 0 Å². The van der Waals surface area contributed by atoms with Gasteiger partial charge in [-0.15, -0.1) is 0 Å². The monoisotopic (exact) mass is 196 g/mol. The molecule has 0 heterocycles. The molecule has 1 fully saturated rings. The topological polar surface area (TPSA) is 34.1 Å². The second kappa shape index (κ2) is 3.09. The lowest BCUT2D eigenvalue weighted by atomic mass is 10.0. The first-order valence-electron chi connectivity index (χ1n) is 3.56. The van der Waals surface area contributed by atoms with Gasteiger partial charge in [-0.1, -0.05) is 0 Å². The summed E-state index contributed by atoms with van der Waals surface area (Å²) in [6.45, 7) is 0. The highest BCUT2D eigenvalue weighted by Gasteiger charge is 2.45. The predicted molar refractivity (Wildman–Crippen MR) is 38.2 cm³/mol. The third-order valence-electron chi connectivity index (χ3n) is 1.90. The summed E-state index contributed by atoms with van der Waals surface area (Å²) in [4.78, 5) is 21.6. The van der Waals surface area contributed by atoms with Crippen molar-refractivity contribution < 1.29 is 18.4 Å². The fourth-order valence-corrected chi connectivity index (χ4v) is 1.42. The fraction of sp³-hybridized carbons (Fsp3) is 0.714. The van der Waals surface area contributed by atoms with Gasteiger partial charge in [0.25, 0.3) is 0 Å². The zero-order valence-electron chi connectivity index (χ0n) is 6.15. The Kier molecular flexibility index (Phi) is 2.46. The molecule has 68 valence electrons. The van der Waals surface area contributed by atoms with E-state index >= 15 is 0 Å². The molecule has 1 unspecified atom stereocenters. The van der Waals surface area contributed by atoms with E-state index in [1.165, 1.54) is 0 Å². The highest BCUT2D eigenvalue weighted by Crippen LogP contribution is 2.31. The summed E-state index contributed by atoms with van der Waals surface area (Å²) in [6.07, 6.45) is 0.922. The van der Waals surface area contributed by atoms with Gasteiger partial charge in [-0.2, -0.15) is 8.78 Å². The first-order chi connectivity index (χ1) is 5.43. The third kappa shape index (κ3) is 1.80. The largest absolute Gasteiger partial charge is 0.381 e. The molecule has 1 aliphatic rings. The molecular weight excluding hydrogens is 190 g/mol. The average molecular weight is 197 g/mol. The van der Waals surface area contributed by atoms with E-state index in [0.717, 1.165) is 0 Å². The summed E-state index contributed by atoms with van der Waals surface area (Å²) in [6, 6.07) is 0. The van der Waals surface area contributed by atoms with Crippen molar-refractivity contribution in [3.05, 3.63) is 0 Å². The molecule has 1 rings (SSSR count). The van der Waals surface area contributed by atoms with E-state index in [0.29, 0.717) is 6.42 Å². The number of halogens is 3. The van der Waals surface area contributed by atoms with Gasteiger partial charge in [0.15, 0.2) is 0 Å². The van der Waals surface area contributed by atoms with E-state index < -0.39 is 22.9 Å². The molecule has 0 aromatic carbocycles. The number of Topliss-reactive ketones (excluding diaryl/α,β-unsaturated/α-hetero) is 2. The smallest absolute Gasteiger partial charge is 0.299 e. The van der Waals surface area contributed by atoms with Crippen LogP contribution in [0.3, 0.4) is 0 Å². The Hall–Kier alpha value is -0.510. The molecule has 0 aromatic heterocycles. The number of rotatable bonds is 2. The van der Waals surface area contributed by atoms with E-state index in [-0.39, 0.29) is 12.8 Å². The van der Waals surface area contributed by atoms with Gasteiger partial charge < -0.3 is 0 Å². The fourth-order valence-electron chi connectivity index (χ4n) is 1.29. The van der Waals surface area contributed by atoms with E-state index in [9.17, 15) is 18.4 Å².